The summed E-state index contributed by atoms with van der Waals surface area (Å²) in [6.45, 7) is 4.80. The minimum Gasteiger partial charge on any atom is -0.470 e. The summed E-state index contributed by atoms with van der Waals surface area (Å²) in [5.41, 5.74) is 2.75. The van der Waals surface area contributed by atoms with Crippen LogP contribution in [0.5, 0.6) is 5.88 Å². The summed E-state index contributed by atoms with van der Waals surface area (Å²) in [6.07, 6.45) is 2.79. The zero-order valence-corrected chi connectivity index (χ0v) is 15.2. The number of rotatable bonds is 6. The Bertz CT molecular complexity index is 1000. The second kappa shape index (κ2) is 6.88. The largest absolute Gasteiger partial charge is 0.470 e. The van der Waals surface area contributed by atoms with Crippen molar-refractivity contribution < 1.29 is 18.6 Å². The van der Waals surface area contributed by atoms with Gasteiger partial charge in [-0.25, -0.2) is 8.78 Å². The average molecular weight is 373 g/mol. The Balaban J connectivity index is 1.71. The van der Waals surface area contributed by atoms with E-state index in [9.17, 15) is 13.9 Å². The molecular formula is C20H21F2N3O2. The summed E-state index contributed by atoms with van der Waals surface area (Å²) in [4.78, 5) is 0. The maximum Gasteiger partial charge on any atom is 0.258 e. The highest BCUT2D eigenvalue weighted by Gasteiger charge is 2.34. The van der Waals surface area contributed by atoms with Gasteiger partial charge in [0.1, 0.15) is 23.8 Å². The van der Waals surface area contributed by atoms with E-state index >= 15 is 0 Å². The minimum atomic E-state index is -0.662. The molecule has 3 aromatic rings. The molecule has 0 spiro atoms. The number of hydrogen-bond donors (Lipinski definition) is 1. The minimum absolute atomic E-state index is 0.0849. The molecule has 27 heavy (non-hydrogen) atoms. The third-order valence-corrected chi connectivity index (χ3v) is 5.46. The predicted molar refractivity (Wildman–Crippen MR) is 96.1 cm³/mol. The molecule has 2 aromatic heterocycles. The molecule has 1 saturated carbocycles. The second-order valence-corrected chi connectivity index (χ2v) is 7.24. The summed E-state index contributed by atoms with van der Waals surface area (Å²) < 4.78 is 34.9. The molecule has 4 rings (SSSR count). The van der Waals surface area contributed by atoms with E-state index in [1.165, 1.54) is 18.6 Å². The van der Waals surface area contributed by atoms with Gasteiger partial charge in [0, 0.05) is 34.8 Å². The van der Waals surface area contributed by atoms with E-state index in [2.05, 4.69) is 21.7 Å². The van der Waals surface area contributed by atoms with Gasteiger partial charge in [0.2, 0.25) is 0 Å². The number of hydrogen-bond acceptors (Lipinski definition) is 4. The van der Waals surface area contributed by atoms with Crippen LogP contribution in [0.1, 0.15) is 30.2 Å². The Labute approximate surface area is 155 Å². The first kappa shape index (κ1) is 17.9. The number of benzene rings is 1. The first-order valence-corrected chi connectivity index (χ1v) is 9.00. The van der Waals surface area contributed by atoms with Gasteiger partial charge in [0.15, 0.2) is 0 Å². The summed E-state index contributed by atoms with van der Waals surface area (Å²) in [7, 11) is 0. The van der Waals surface area contributed by atoms with E-state index in [1.54, 1.807) is 6.20 Å². The molecule has 0 unspecified atom stereocenters. The van der Waals surface area contributed by atoms with Crippen LogP contribution < -0.4 is 4.74 Å². The standard InChI is InChI=1S/C20H21F2N3O2/c1-11-5-14(11)8-25-12(2)17(9-26)16-7-23-24-20(19(16)25)27-10-13-3-4-15(21)6-18(13)22/h3-4,6-7,11,14,26H,5,8-10H2,1-2H3/t11-,14+/m0/s1. The number of aliphatic hydroxyl groups excluding tert-OH is 1. The molecule has 1 fully saturated rings. The van der Waals surface area contributed by atoms with Crippen LogP contribution in [0.25, 0.3) is 10.9 Å². The van der Waals surface area contributed by atoms with Crippen LogP contribution in [0.15, 0.2) is 24.4 Å². The van der Waals surface area contributed by atoms with E-state index in [1.807, 2.05) is 6.92 Å². The van der Waals surface area contributed by atoms with E-state index in [4.69, 9.17) is 4.74 Å². The Morgan fingerprint density at radius 1 is 1.33 bits per heavy atom. The zero-order valence-electron chi connectivity index (χ0n) is 15.2. The lowest BCUT2D eigenvalue weighted by Gasteiger charge is -2.11. The number of aliphatic hydroxyl groups is 1. The molecule has 1 aliphatic carbocycles. The van der Waals surface area contributed by atoms with Crippen molar-refractivity contribution >= 4 is 10.9 Å². The lowest BCUT2D eigenvalue weighted by atomic mass is 10.2. The topological polar surface area (TPSA) is 60.2 Å². The van der Waals surface area contributed by atoms with Crippen LogP contribution in [0, 0.1) is 30.4 Å². The first-order chi connectivity index (χ1) is 13.0. The highest BCUT2D eigenvalue weighted by molar-refractivity contribution is 5.88. The summed E-state index contributed by atoms with van der Waals surface area (Å²) in [5, 5.41) is 18.7. The van der Waals surface area contributed by atoms with Crippen LogP contribution in [0.4, 0.5) is 8.78 Å². The maximum absolute atomic E-state index is 13.9. The van der Waals surface area contributed by atoms with E-state index < -0.39 is 11.6 Å². The Hall–Kier alpha value is -2.54. The number of fused-ring (bicyclic) bond motifs is 1. The molecule has 0 saturated heterocycles. The Morgan fingerprint density at radius 2 is 2.11 bits per heavy atom. The van der Waals surface area contributed by atoms with Gasteiger partial charge in [-0.2, -0.15) is 5.10 Å². The number of halogens is 2. The molecule has 0 amide bonds. The van der Waals surface area contributed by atoms with Crippen molar-refractivity contribution in [1.29, 1.82) is 0 Å². The third-order valence-electron chi connectivity index (χ3n) is 5.46. The highest BCUT2D eigenvalue weighted by atomic mass is 19.1. The summed E-state index contributed by atoms with van der Waals surface area (Å²) in [5.74, 6) is 0.249. The number of ether oxygens (including phenoxy) is 1. The van der Waals surface area contributed by atoms with E-state index in [-0.39, 0.29) is 24.7 Å². The molecule has 0 aliphatic heterocycles. The van der Waals surface area contributed by atoms with Crippen molar-refractivity contribution in [2.24, 2.45) is 11.8 Å². The van der Waals surface area contributed by atoms with Crippen LogP contribution in [-0.2, 0) is 19.8 Å². The fourth-order valence-electron chi connectivity index (χ4n) is 3.57. The number of nitrogens with zero attached hydrogens (tertiary/aromatic N) is 3. The van der Waals surface area contributed by atoms with Crippen LogP contribution >= 0.6 is 0 Å². The average Bonchev–Trinajstić information content (AvgIpc) is 3.26. The molecule has 1 N–H and O–H groups in total. The molecular weight excluding hydrogens is 352 g/mol. The van der Waals surface area contributed by atoms with Gasteiger partial charge in [0.25, 0.3) is 5.88 Å². The SMILES string of the molecule is Cc1c(CO)c2cnnc(OCc3ccc(F)cc3F)c2n1C[C@H]1C[C@@H]1C. The molecule has 1 aliphatic rings. The highest BCUT2D eigenvalue weighted by Crippen LogP contribution is 2.41. The molecule has 7 heteroatoms. The predicted octanol–water partition coefficient (Wildman–Crippen LogP) is 3.75. The quantitative estimate of drug-likeness (QED) is 0.715. The van der Waals surface area contributed by atoms with Gasteiger partial charge in [-0.3, -0.25) is 0 Å². The fraction of sp³-hybridized carbons (Fsp3) is 0.400. The molecule has 142 valence electrons. The van der Waals surface area contributed by atoms with Crippen molar-refractivity contribution in [3.63, 3.8) is 0 Å². The van der Waals surface area contributed by atoms with Crippen molar-refractivity contribution in [2.45, 2.75) is 40.0 Å². The molecule has 5 nitrogen and oxygen atoms in total. The van der Waals surface area contributed by atoms with Crippen molar-refractivity contribution in [3.05, 3.63) is 52.9 Å². The zero-order chi connectivity index (χ0) is 19.1. The smallest absolute Gasteiger partial charge is 0.258 e. The van der Waals surface area contributed by atoms with Crippen molar-refractivity contribution in [2.75, 3.05) is 0 Å². The van der Waals surface area contributed by atoms with Gasteiger partial charge in [0.05, 0.1) is 12.8 Å². The monoisotopic (exact) mass is 373 g/mol. The summed E-state index contributed by atoms with van der Waals surface area (Å²) >= 11 is 0. The van der Waals surface area contributed by atoms with E-state index in [0.717, 1.165) is 34.8 Å². The third kappa shape index (κ3) is 3.27. The maximum atomic E-state index is 13.9. The van der Waals surface area contributed by atoms with E-state index in [0.29, 0.717) is 11.8 Å². The van der Waals surface area contributed by atoms with Crippen LogP contribution in [-0.4, -0.2) is 19.9 Å². The lowest BCUT2D eigenvalue weighted by Crippen LogP contribution is -2.07. The summed E-state index contributed by atoms with van der Waals surface area (Å²) in [6, 6.07) is 3.38. The van der Waals surface area contributed by atoms with Gasteiger partial charge in [-0.1, -0.05) is 6.92 Å². The molecule has 0 radical (unpaired) electrons. The van der Waals surface area contributed by atoms with Crippen molar-refractivity contribution in [3.8, 4) is 5.88 Å². The molecule has 0 bridgehead atoms. The first-order valence-electron chi connectivity index (χ1n) is 9.00. The molecule has 2 heterocycles. The van der Waals surface area contributed by atoms with Gasteiger partial charge in [-0.05, 0) is 37.3 Å². The van der Waals surface area contributed by atoms with Crippen LogP contribution in [0.2, 0.25) is 0 Å². The molecule has 2 atom stereocenters. The van der Waals surface area contributed by atoms with Gasteiger partial charge < -0.3 is 14.4 Å². The Kier molecular flexibility index (Phi) is 4.55. The van der Waals surface area contributed by atoms with Gasteiger partial charge in [-0.15, -0.1) is 5.10 Å². The Morgan fingerprint density at radius 3 is 2.78 bits per heavy atom. The van der Waals surface area contributed by atoms with Crippen LogP contribution in [0.3, 0.4) is 0 Å². The van der Waals surface area contributed by atoms with Gasteiger partial charge >= 0.3 is 0 Å². The second-order valence-electron chi connectivity index (χ2n) is 7.24. The normalized spacial score (nSPS) is 18.9. The van der Waals surface area contributed by atoms with Crippen molar-refractivity contribution in [1.82, 2.24) is 14.8 Å². The lowest BCUT2D eigenvalue weighted by molar-refractivity contribution is 0.282. The molecule has 1 aromatic carbocycles. The fourth-order valence-corrected chi connectivity index (χ4v) is 3.57. The number of aromatic nitrogens is 3.